The van der Waals surface area contributed by atoms with Gasteiger partial charge in [-0.2, -0.15) is 0 Å². The first-order valence-electron chi connectivity index (χ1n) is 7.37. The number of rotatable bonds is 7. The first-order valence-corrected chi connectivity index (χ1v) is 8.22. The Hall–Kier alpha value is -0.620. The molecule has 0 aliphatic heterocycles. The van der Waals surface area contributed by atoms with Crippen LogP contribution in [0.2, 0.25) is 0 Å². The predicted octanol–water partition coefficient (Wildman–Crippen LogP) is 3.76. The molecule has 3 nitrogen and oxygen atoms in total. The standard InChI is InChI=1S/C16H22O3S2/c20-16(21)18-11-10-17-14-6-8-15(9-7-14)19-12-13-4-2-1-3-5-13/h1-5,14-15H,6-12H2,(H,20,21). The Bertz CT molecular complexity index is 417. The minimum Gasteiger partial charge on any atom is -0.476 e. The van der Waals surface area contributed by atoms with Crippen molar-refractivity contribution in [3.05, 3.63) is 35.9 Å². The van der Waals surface area contributed by atoms with Crippen LogP contribution in [0.3, 0.4) is 0 Å². The van der Waals surface area contributed by atoms with Crippen LogP contribution in [0, 0.1) is 0 Å². The molecule has 0 unspecified atom stereocenters. The van der Waals surface area contributed by atoms with Crippen molar-refractivity contribution < 1.29 is 14.2 Å². The number of benzene rings is 1. The number of hydrogen-bond donors (Lipinski definition) is 1. The Morgan fingerprint density at radius 1 is 1.00 bits per heavy atom. The summed E-state index contributed by atoms with van der Waals surface area (Å²) < 4.78 is 17.1. The summed E-state index contributed by atoms with van der Waals surface area (Å²) in [5, 5.41) is 0. The van der Waals surface area contributed by atoms with Crippen LogP contribution in [0.25, 0.3) is 0 Å². The molecule has 0 bridgehead atoms. The van der Waals surface area contributed by atoms with Crippen LogP contribution in [-0.2, 0) is 20.8 Å². The third-order valence-corrected chi connectivity index (χ3v) is 3.86. The van der Waals surface area contributed by atoms with E-state index in [4.69, 9.17) is 26.4 Å². The molecular formula is C16H22O3S2. The lowest BCUT2D eigenvalue weighted by Crippen LogP contribution is -2.27. The zero-order valence-corrected chi connectivity index (χ0v) is 13.8. The summed E-state index contributed by atoms with van der Waals surface area (Å²) in [6.45, 7) is 1.75. The Kier molecular flexibility index (Phi) is 7.50. The first kappa shape index (κ1) is 16.7. The van der Waals surface area contributed by atoms with Gasteiger partial charge >= 0.3 is 0 Å². The van der Waals surface area contributed by atoms with Crippen LogP contribution in [0.1, 0.15) is 31.2 Å². The van der Waals surface area contributed by atoms with Gasteiger partial charge in [-0.3, -0.25) is 0 Å². The van der Waals surface area contributed by atoms with E-state index in [-0.39, 0.29) is 4.38 Å². The zero-order chi connectivity index (χ0) is 14.9. The fourth-order valence-electron chi connectivity index (χ4n) is 2.50. The van der Waals surface area contributed by atoms with Crippen LogP contribution in [0.4, 0.5) is 0 Å². The van der Waals surface area contributed by atoms with E-state index in [1.165, 1.54) is 5.56 Å². The average Bonchev–Trinajstić information content (AvgIpc) is 2.51. The molecule has 1 aliphatic carbocycles. The third-order valence-electron chi connectivity index (χ3n) is 3.61. The molecule has 116 valence electrons. The van der Waals surface area contributed by atoms with Crippen molar-refractivity contribution in [2.24, 2.45) is 0 Å². The van der Waals surface area contributed by atoms with Gasteiger partial charge in [0.05, 0.1) is 25.4 Å². The van der Waals surface area contributed by atoms with Crippen molar-refractivity contribution >= 4 is 29.2 Å². The second kappa shape index (κ2) is 9.41. The lowest BCUT2D eigenvalue weighted by atomic mass is 9.95. The third kappa shape index (κ3) is 6.78. The monoisotopic (exact) mass is 326 g/mol. The highest BCUT2D eigenvalue weighted by atomic mass is 32.1. The maximum atomic E-state index is 5.97. The van der Waals surface area contributed by atoms with Crippen LogP contribution in [0.15, 0.2) is 30.3 Å². The average molecular weight is 326 g/mol. The normalized spacial score (nSPS) is 22.0. The summed E-state index contributed by atoms with van der Waals surface area (Å²) in [6, 6.07) is 10.3. The summed E-state index contributed by atoms with van der Waals surface area (Å²) in [5.41, 5.74) is 1.23. The van der Waals surface area contributed by atoms with Gasteiger partial charge in [0, 0.05) is 0 Å². The molecule has 2 rings (SSSR count). The van der Waals surface area contributed by atoms with Gasteiger partial charge in [-0.1, -0.05) is 43.0 Å². The molecule has 1 aromatic carbocycles. The second-order valence-electron chi connectivity index (χ2n) is 5.18. The van der Waals surface area contributed by atoms with Crippen LogP contribution in [-0.4, -0.2) is 29.8 Å². The number of thiocarbonyl (C=S) groups is 1. The molecule has 1 aliphatic rings. The van der Waals surface area contributed by atoms with Gasteiger partial charge in [-0.15, -0.1) is 0 Å². The molecule has 0 atom stereocenters. The van der Waals surface area contributed by atoms with Gasteiger partial charge in [0.15, 0.2) is 0 Å². The number of ether oxygens (including phenoxy) is 3. The van der Waals surface area contributed by atoms with Crippen molar-refractivity contribution in [2.75, 3.05) is 13.2 Å². The van der Waals surface area contributed by atoms with Crippen molar-refractivity contribution in [3.8, 4) is 0 Å². The van der Waals surface area contributed by atoms with E-state index >= 15 is 0 Å². The molecule has 0 radical (unpaired) electrons. The maximum absolute atomic E-state index is 5.97. The highest BCUT2D eigenvalue weighted by Crippen LogP contribution is 2.24. The molecule has 21 heavy (non-hydrogen) atoms. The quantitative estimate of drug-likeness (QED) is 0.469. The fourth-order valence-corrected chi connectivity index (χ4v) is 2.67. The molecule has 0 amide bonds. The summed E-state index contributed by atoms with van der Waals surface area (Å²) in [4.78, 5) is 0. The number of thiol groups is 1. The molecule has 1 fully saturated rings. The van der Waals surface area contributed by atoms with Crippen LogP contribution in [0.5, 0.6) is 0 Å². The lowest BCUT2D eigenvalue weighted by Gasteiger charge is -2.28. The molecular weight excluding hydrogens is 304 g/mol. The highest BCUT2D eigenvalue weighted by molar-refractivity contribution is 8.10. The molecule has 1 saturated carbocycles. The van der Waals surface area contributed by atoms with Crippen molar-refractivity contribution in [1.29, 1.82) is 0 Å². The summed E-state index contributed by atoms with van der Waals surface area (Å²) in [7, 11) is 0. The van der Waals surface area contributed by atoms with Crippen molar-refractivity contribution in [2.45, 2.75) is 44.5 Å². The van der Waals surface area contributed by atoms with Gasteiger partial charge in [-0.25, -0.2) is 0 Å². The second-order valence-corrected chi connectivity index (χ2v) is 6.26. The SMILES string of the molecule is S=C(S)OCCOC1CCC(OCc2ccccc2)CC1. The van der Waals surface area contributed by atoms with Crippen LogP contribution < -0.4 is 0 Å². The molecule has 1 aromatic rings. The van der Waals surface area contributed by atoms with E-state index in [1.54, 1.807) is 0 Å². The van der Waals surface area contributed by atoms with Gasteiger partial charge in [0.1, 0.15) is 6.61 Å². The Labute approximate surface area is 137 Å². The maximum Gasteiger partial charge on any atom is 0.216 e. The Morgan fingerprint density at radius 2 is 1.62 bits per heavy atom. The summed E-state index contributed by atoms with van der Waals surface area (Å²) >= 11 is 8.62. The van der Waals surface area contributed by atoms with Crippen LogP contribution >= 0.6 is 24.8 Å². The van der Waals surface area contributed by atoms with E-state index in [0.717, 1.165) is 25.7 Å². The highest BCUT2D eigenvalue weighted by Gasteiger charge is 2.22. The summed E-state index contributed by atoms with van der Waals surface area (Å²) in [6.07, 6.45) is 4.88. The topological polar surface area (TPSA) is 27.7 Å². The van der Waals surface area contributed by atoms with E-state index in [1.807, 2.05) is 18.2 Å². The Morgan fingerprint density at radius 3 is 2.24 bits per heavy atom. The van der Waals surface area contributed by atoms with Gasteiger partial charge in [0.25, 0.3) is 0 Å². The molecule has 5 heteroatoms. The predicted molar refractivity (Wildman–Crippen MR) is 90.8 cm³/mol. The van der Waals surface area contributed by atoms with Gasteiger partial charge in [-0.05, 0) is 43.5 Å². The fraction of sp³-hybridized carbons (Fsp3) is 0.562. The number of hydrogen-bond acceptors (Lipinski definition) is 4. The molecule has 0 heterocycles. The zero-order valence-electron chi connectivity index (χ0n) is 12.1. The van der Waals surface area contributed by atoms with Gasteiger partial charge in [0.2, 0.25) is 4.38 Å². The van der Waals surface area contributed by atoms with E-state index in [9.17, 15) is 0 Å². The molecule has 0 spiro atoms. The summed E-state index contributed by atoms with van der Waals surface area (Å²) in [5.74, 6) is 0. The van der Waals surface area contributed by atoms with Crippen molar-refractivity contribution in [1.82, 2.24) is 0 Å². The van der Waals surface area contributed by atoms with Gasteiger partial charge < -0.3 is 14.2 Å². The minimum absolute atomic E-state index is 0.275. The molecule has 0 aromatic heterocycles. The minimum atomic E-state index is 0.275. The largest absolute Gasteiger partial charge is 0.476 e. The van der Waals surface area contributed by atoms with E-state index in [0.29, 0.717) is 32.0 Å². The Balaban J connectivity index is 1.57. The lowest BCUT2D eigenvalue weighted by molar-refractivity contribution is -0.0419. The molecule has 0 saturated heterocycles. The first-order chi connectivity index (χ1) is 10.2. The van der Waals surface area contributed by atoms with E-state index in [2.05, 4.69) is 24.8 Å². The smallest absolute Gasteiger partial charge is 0.216 e. The van der Waals surface area contributed by atoms with Crippen molar-refractivity contribution in [3.63, 3.8) is 0 Å². The molecule has 0 N–H and O–H groups in total. The van der Waals surface area contributed by atoms with E-state index < -0.39 is 0 Å².